The van der Waals surface area contributed by atoms with Gasteiger partial charge in [-0.2, -0.15) is 22.3 Å². The highest BCUT2D eigenvalue weighted by atomic mass is 32.2. The number of hydrazine groups is 1. The van der Waals surface area contributed by atoms with Crippen LogP contribution in [0.2, 0.25) is 0 Å². The average Bonchev–Trinajstić information content (AvgIpc) is 1.87. The summed E-state index contributed by atoms with van der Waals surface area (Å²) in [6.07, 6.45) is 1.67. The van der Waals surface area contributed by atoms with Crippen LogP contribution in [-0.2, 0) is 0 Å². The Bertz CT molecular complexity index is 82.9. The second-order valence-corrected chi connectivity index (χ2v) is 3.06. The van der Waals surface area contributed by atoms with Gasteiger partial charge in [-0.25, -0.2) is 5.84 Å². The van der Waals surface area contributed by atoms with Gasteiger partial charge in [0.25, 0.3) is 0 Å². The first-order chi connectivity index (χ1) is 3.29. The first-order valence-corrected chi connectivity index (χ1v) is 3.08. The number of rotatable bonds is 0. The molecule has 0 amide bonds. The zero-order valence-electron chi connectivity index (χ0n) is 3.48. The second-order valence-electron chi connectivity index (χ2n) is 1.06. The lowest BCUT2D eigenvalue weighted by Gasteiger charge is -2.00. The molecule has 0 spiro atoms. The van der Waals surface area contributed by atoms with Gasteiger partial charge in [0.2, 0.25) is 0 Å². The minimum absolute atomic E-state index is 0.144. The molecule has 0 saturated carbocycles. The number of hydrogen-bond donors (Lipinski definition) is 2. The van der Waals surface area contributed by atoms with Crippen LogP contribution in [0, 0.1) is 0 Å². The van der Waals surface area contributed by atoms with Crippen LogP contribution in [-0.4, -0.2) is 15.3 Å². The summed E-state index contributed by atoms with van der Waals surface area (Å²) in [7, 11) is 0. The van der Waals surface area contributed by atoms with Crippen LogP contribution in [0.3, 0.4) is 0 Å². The Balaban J connectivity index is 2.42. The van der Waals surface area contributed by atoms with Crippen molar-refractivity contribution in [2.45, 2.75) is 4.58 Å². The van der Waals surface area contributed by atoms with E-state index in [0.29, 0.717) is 0 Å². The molecule has 1 atom stereocenters. The minimum Gasteiger partial charge on any atom is -0.220 e. The molecule has 0 saturated heterocycles. The first kappa shape index (κ1) is 5.27. The molecule has 1 unspecified atom stereocenters. The molecule has 1 aliphatic rings. The van der Waals surface area contributed by atoms with Crippen molar-refractivity contribution >= 4 is 30.8 Å². The second kappa shape index (κ2) is 1.94. The van der Waals surface area contributed by atoms with Crippen LogP contribution in [0.1, 0.15) is 0 Å². The van der Waals surface area contributed by atoms with Crippen LogP contribution in [0.5, 0.6) is 0 Å². The Kier molecular flexibility index (Phi) is 1.46. The largest absolute Gasteiger partial charge is 0.220 e. The van der Waals surface area contributed by atoms with E-state index in [2.05, 4.69) is 17.7 Å². The SMILES string of the molecule is NN1N=CC(S)S1. The van der Waals surface area contributed by atoms with E-state index in [-0.39, 0.29) is 4.58 Å². The molecule has 0 aliphatic carbocycles. The fraction of sp³-hybridized carbons (Fsp3) is 0.500. The van der Waals surface area contributed by atoms with Crippen LogP contribution in [0.25, 0.3) is 0 Å². The third-order valence-corrected chi connectivity index (χ3v) is 1.59. The highest BCUT2D eigenvalue weighted by molar-refractivity contribution is 8.10. The molecule has 0 aromatic carbocycles. The molecule has 0 bridgehead atoms. The zero-order chi connectivity index (χ0) is 5.28. The summed E-state index contributed by atoms with van der Waals surface area (Å²) in [4.78, 5) is 0. The van der Waals surface area contributed by atoms with Gasteiger partial charge in [-0.3, -0.25) is 0 Å². The summed E-state index contributed by atoms with van der Waals surface area (Å²) in [6.45, 7) is 0. The fourth-order valence-corrected chi connectivity index (χ4v) is 1.08. The van der Waals surface area contributed by atoms with Gasteiger partial charge < -0.3 is 0 Å². The van der Waals surface area contributed by atoms with Gasteiger partial charge in [0.15, 0.2) is 0 Å². The molecule has 0 fully saturated rings. The summed E-state index contributed by atoms with van der Waals surface area (Å²) in [5, 5.41) is 3.69. The van der Waals surface area contributed by atoms with E-state index in [9.17, 15) is 0 Å². The normalized spacial score (nSPS) is 29.4. The minimum atomic E-state index is 0.144. The van der Waals surface area contributed by atoms with E-state index in [4.69, 9.17) is 5.84 Å². The van der Waals surface area contributed by atoms with Gasteiger partial charge in [0.05, 0.1) is 6.21 Å². The van der Waals surface area contributed by atoms with E-state index >= 15 is 0 Å². The molecular weight excluding hydrogens is 130 g/mol. The van der Waals surface area contributed by atoms with Crippen molar-refractivity contribution in [1.29, 1.82) is 0 Å². The predicted octanol–water partition coefficient (Wildman–Crippen LogP) is 0.0656. The molecule has 2 N–H and O–H groups in total. The monoisotopic (exact) mass is 135 g/mol. The van der Waals surface area contributed by atoms with Crippen molar-refractivity contribution < 1.29 is 0 Å². The number of nitrogens with two attached hydrogens (primary N) is 1. The Morgan fingerprint density at radius 1 is 2.00 bits per heavy atom. The quantitative estimate of drug-likeness (QED) is 0.280. The highest BCUT2D eigenvalue weighted by Crippen LogP contribution is 2.20. The lowest BCUT2D eigenvalue weighted by molar-refractivity contribution is 0.548. The number of hydrogen-bond acceptors (Lipinski definition) is 5. The molecule has 7 heavy (non-hydrogen) atoms. The van der Waals surface area contributed by atoms with Gasteiger partial charge in [0.1, 0.15) is 4.58 Å². The molecule has 0 radical (unpaired) electrons. The summed E-state index contributed by atoms with van der Waals surface area (Å²) in [5.41, 5.74) is 0. The maximum Gasteiger partial charge on any atom is 0.107 e. The molecule has 3 nitrogen and oxygen atoms in total. The standard InChI is InChI=1S/C2H5N3S2/c3-5-4-1-2(6)7-5/h1-2,6H,3H2. The lowest BCUT2D eigenvalue weighted by Crippen LogP contribution is -2.12. The Morgan fingerprint density at radius 2 is 2.71 bits per heavy atom. The van der Waals surface area contributed by atoms with E-state index in [1.807, 2.05) is 0 Å². The lowest BCUT2D eigenvalue weighted by atomic mass is 10.9. The summed E-state index contributed by atoms with van der Waals surface area (Å²) < 4.78 is 1.43. The predicted molar refractivity (Wildman–Crippen MR) is 34.9 cm³/mol. The molecule has 40 valence electrons. The summed E-state index contributed by atoms with van der Waals surface area (Å²) in [6, 6.07) is 0. The smallest absolute Gasteiger partial charge is 0.107 e. The van der Waals surface area contributed by atoms with E-state index in [0.717, 1.165) is 0 Å². The van der Waals surface area contributed by atoms with Gasteiger partial charge in [-0.15, -0.1) is 0 Å². The maximum atomic E-state index is 5.17. The molecule has 1 aliphatic heterocycles. The molecule has 0 aromatic rings. The van der Waals surface area contributed by atoms with Crippen molar-refractivity contribution in [3.8, 4) is 0 Å². The highest BCUT2D eigenvalue weighted by Gasteiger charge is 2.09. The maximum absolute atomic E-state index is 5.17. The Hall–Kier alpha value is 0.130. The summed E-state index contributed by atoms with van der Waals surface area (Å²) >= 11 is 5.42. The number of nitrogens with zero attached hydrogens (tertiary/aromatic N) is 2. The Labute approximate surface area is 51.4 Å². The van der Waals surface area contributed by atoms with Crippen LogP contribution >= 0.6 is 24.6 Å². The first-order valence-electron chi connectivity index (χ1n) is 1.73. The van der Waals surface area contributed by atoms with Crippen molar-refractivity contribution in [2.75, 3.05) is 0 Å². The molecule has 5 heteroatoms. The van der Waals surface area contributed by atoms with E-state index < -0.39 is 0 Å². The molecule has 1 heterocycles. The van der Waals surface area contributed by atoms with Crippen LogP contribution in [0.4, 0.5) is 0 Å². The molecule has 1 rings (SSSR count). The Morgan fingerprint density at radius 3 is 2.86 bits per heavy atom. The molecule has 0 aromatic heterocycles. The third-order valence-electron chi connectivity index (χ3n) is 0.524. The topological polar surface area (TPSA) is 41.6 Å². The number of thiol groups is 1. The van der Waals surface area contributed by atoms with Crippen molar-refractivity contribution in [3.05, 3.63) is 0 Å². The van der Waals surface area contributed by atoms with Crippen LogP contribution < -0.4 is 5.84 Å². The van der Waals surface area contributed by atoms with E-state index in [1.54, 1.807) is 6.21 Å². The van der Waals surface area contributed by atoms with Gasteiger partial charge in [-0.1, -0.05) is 0 Å². The third kappa shape index (κ3) is 1.25. The van der Waals surface area contributed by atoms with Gasteiger partial charge >= 0.3 is 0 Å². The zero-order valence-corrected chi connectivity index (χ0v) is 5.19. The average molecular weight is 135 g/mol. The van der Waals surface area contributed by atoms with Gasteiger partial charge in [-0.05, 0) is 0 Å². The van der Waals surface area contributed by atoms with E-state index in [1.165, 1.54) is 16.5 Å². The van der Waals surface area contributed by atoms with Crippen LogP contribution in [0.15, 0.2) is 5.10 Å². The van der Waals surface area contributed by atoms with Crippen molar-refractivity contribution in [2.24, 2.45) is 10.9 Å². The van der Waals surface area contributed by atoms with Crippen molar-refractivity contribution in [1.82, 2.24) is 4.52 Å². The fourth-order valence-electron chi connectivity index (χ4n) is 0.288. The van der Waals surface area contributed by atoms with Crippen molar-refractivity contribution in [3.63, 3.8) is 0 Å². The van der Waals surface area contributed by atoms with Gasteiger partial charge in [0, 0.05) is 11.9 Å². The number of hydrazone groups is 1. The summed E-state index contributed by atoms with van der Waals surface area (Å²) in [5.74, 6) is 5.17. The molecular formula is C2H5N3S2.